The first-order chi connectivity index (χ1) is 13.1. The fraction of sp³-hybridized carbons (Fsp3) is 0.294. The van der Waals surface area contributed by atoms with E-state index >= 15 is 0 Å². The van der Waals surface area contributed by atoms with Crippen LogP contribution in [-0.2, 0) is 10.7 Å². The lowest BCUT2D eigenvalue weighted by molar-refractivity contribution is -0.114. The molecule has 3 heterocycles. The summed E-state index contributed by atoms with van der Waals surface area (Å²) in [7, 11) is 0. The highest BCUT2D eigenvalue weighted by atomic mass is 19.3. The smallest absolute Gasteiger partial charge is 0.303 e. The molecule has 0 radical (unpaired) electrons. The van der Waals surface area contributed by atoms with Gasteiger partial charge in [0.25, 0.3) is 0 Å². The van der Waals surface area contributed by atoms with E-state index in [4.69, 9.17) is 0 Å². The number of carbonyl (C=O) groups excluding carboxylic acids is 1. The van der Waals surface area contributed by atoms with Gasteiger partial charge in [-0.15, -0.1) is 0 Å². The monoisotopic (exact) mass is 388 g/mol. The molecule has 0 aliphatic carbocycles. The first kappa shape index (κ1) is 19.3. The van der Waals surface area contributed by atoms with Gasteiger partial charge in [0.2, 0.25) is 11.7 Å². The lowest BCUT2D eigenvalue weighted by Gasteiger charge is -2.15. The van der Waals surface area contributed by atoms with Crippen molar-refractivity contribution < 1.29 is 13.6 Å². The molecule has 0 bridgehead atoms. The molecule has 0 atom stereocenters. The number of hydrogen-bond donors (Lipinski definition) is 2. The summed E-state index contributed by atoms with van der Waals surface area (Å²) in [6.07, 6.45) is 2.97. The van der Waals surface area contributed by atoms with Crippen LogP contribution >= 0.6 is 0 Å². The lowest BCUT2D eigenvalue weighted by atomic mass is 10.3. The number of amides is 1. The number of nitrogens with zero attached hydrogens (tertiary/aromatic N) is 6. The Balaban J connectivity index is 2.06. The van der Waals surface area contributed by atoms with Crippen LogP contribution in [0.1, 0.15) is 31.2 Å². The Labute approximate surface area is 159 Å². The van der Waals surface area contributed by atoms with Crippen molar-refractivity contribution in [2.75, 3.05) is 10.6 Å². The number of nitrogens with one attached hydrogen (secondary N) is 2. The Morgan fingerprint density at radius 3 is 2.50 bits per heavy atom. The molecule has 28 heavy (non-hydrogen) atoms. The van der Waals surface area contributed by atoms with Crippen molar-refractivity contribution in [2.24, 2.45) is 0 Å². The highest BCUT2D eigenvalue weighted by Gasteiger charge is 2.29. The van der Waals surface area contributed by atoms with Crippen molar-refractivity contribution in [2.45, 2.75) is 33.6 Å². The number of alkyl halides is 2. The fourth-order valence-electron chi connectivity index (χ4n) is 2.41. The predicted molar refractivity (Wildman–Crippen MR) is 97.8 cm³/mol. The zero-order valence-electron chi connectivity index (χ0n) is 15.7. The summed E-state index contributed by atoms with van der Waals surface area (Å²) in [4.78, 5) is 27.3. The van der Waals surface area contributed by atoms with Gasteiger partial charge in [-0.2, -0.15) is 13.9 Å². The number of halogens is 2. The summed E-state index contributed by atoms with van der Waals surface area (Å²) in [5.74, 6) is -3.08. The maximum atomic E-state index is 13.7. The second-order valence-corrected chi connectivity index (χ2v) is 6.24. The average Bonchev–Trinajstić information content (AvgIpc) is 2.99. The van der Waals surface area contributed by atoms with Crippen LogP contribution in [-0.4, -0.2) is 35.6 Å². The molecule has 11 heteroatoms. The molecule has 9 nitrogen and oxygen atoms in total. The van der Waals surface area contributed by atoms with Crippen LogP contribution in [0.3, 0.4) is 0 Å². The van der Waals surface area contributed by atoms with Gasteiger partial charge in [0, 0.05) is 31.7 Å². The number of aromatic nitrogens is 6. The molecule has 1 amide bonds. The fourth-order valence-corrected chi connectivity index (χ4v) is 2.41. The number of pyridine rings is 1. The van der Waals surface area contributed by atoms with E-state index in [1.54, 1.807) is 19.9 Å². The summed E-state index contributed by atoms with van der Waals surface area (Å²) in [5, 5.41) is 9.79. The van der Waals surface area contributed by atoms with Crippen molar-refractivity contribution >= 4 is 23.2 Å². The Bertz CT molecular complexity index is 1030. The van der Waals surface area contributed by atoms with Crippen molar-refractivity contribution in [3.05, 3.63) is 42.0 Å². The van der Waals surface area contributed by atoms with Crippen LogP contribution < -0.4 is 10.6 Å². The molecule has 3 aromatic heterocycles. The van der Waals surface area contributed by atoms with E-state index in [9.17, 15) is 13.6 Å². The normalized spacial score (nSPS) is 11.4. The standard InChI is InChI=1S/C17H18F2N8O/c1-9-5-15(25-16(22-9)17(4,18)19)24-12-6-14(23-11(3)28)20-7-13(12)27-8-21-10(2)26-27/h5-8H,1-4H3,(H2,20,22,23,24,25,28). The SMILES string of the molecule is CC(=O)Nc1cc(Nc2cc(C)nc(C(C)(F)F)n2)c(-n2cnc(C)n2)cn1. The minimum absolute atomic E-state index is 0.169. The van der Waals surface area contributed by atoms with Crippen molar-refractivity contribution in [1.29, 1.82) is 0 Å². The molecule has 0 saturated heterocycles. The Kier molecular flexibility index (Phi) is 4.99. The van der Waals surface area contributed by atoms with E-state index in [0.29, 0.717) is 22.9 Å². The van der Waals surface area contributed by atoms with Crippen LogP contribution in [0.4, 0.5) is 26.1 Å². The highest BCUT2D eigenvalue weighted by Crippen LogP contribution is 2.28. The number of anilines is 3. The van der Waals surface area contributed by atoms with Crippen molar-refractivity contribution in [3.63, 3.8) is 0 Å². The van der Waals surface area contributed by atoms with Gasteiger partial charge < -0.3 is 10.6 Å². The third-order valence-corrected chi connectivity index (χ3v) is 3.55. The Hall–Kier alpha value is -3.50. The summed E-state index contributed by atoms with van der Waals surface area (Å²) in [6, 6.07) is 3.08. The topological polar surface area (TPSA) is 111 Å². The van der Waals surface area contributed by atoms with Crippen molar-refractivity contribution in [3.8, 4) is 5.69 Å². The number of aryl methyl sites for hydroxylation is 2. The largest absolute Gasteiger partial charge is 0.338 e. The van der Waals surface area contributed by atoms with Crippen LogP contribution in [0.5, 0.6) is 0 Å². The maximum Gasteiger partial charge on any atom is 0.303 e. The molecular formula is C17H18F2N8O. The van der Waals surface area contributed by atoms with Gasteiger partial charge in [-0.05, 0) is 13.8 Å². The molecule has 0 aliphatic heterocycles. The molecular weight excluding hydrogens is 370 g/mol. The van der Waals surface area contributed by atoms with Gasteiger partial charge in [-0.3, -0.25) is 4.79 Å². The zero-order chi connectivity index (χ0) is 20.5. The van der Waals surface area contributed by atoms with Gasteiger partial charge in [0.05, 0.1) is 11.9 Å². The van der Waals surface area contributed by atoms with Gasteiger partial charge >= 0.3 is 5.92 Å². The van der Waals surface area contributed by atoms with E-state index in [1.165, 1.54) is 30.2 Å². The van der Waals surface area contributed by atoms with E-state index in [0.717, 1.165) is 6.92 Å². The average molecular weight is 388 g/mol. The zero-order valence-corrected chi connectivity index (χ0v) is 15.7. The lowest BCUT2D eigenvalue weighted by Crippen LogP contribution is -2.15. The molecule has 0 unspecified atom stereocenters. The van der Waals surface area contributed by atoms with E-state index in [2.05, 4.69) is 35.7 Å². The molecule has 0 fully saturated rings. The minimum Gasteiger partial charge on any atom is -0.338 e. The van der Waals surface area contributed by atoms with Crippen LogP contribution in [0, 0.1) is 13.8 Å². The first-order valence-electron chi connectivity index (χ1n) is 8.29. The number of rotatable bonds is 5. The highest BCUT2D eigenvalue weighted by molar-refractivity contribution is 5.88. The first-order valence-corrected chi connectivity index (χ1v) is 8.29. The second kappa shape index (κ2) is 7.25. The summed E-state index contributed by atoms with van der Waals surface area (Å²) < 4.78 is 28.8. The summed E-state index contributed by atoms with van der Waals surface area (Å²) in [5.41, 5.74) is 1.31. The second-order valence-electron chi connectivity index (χ2n) is 6.24. The molecule has 0 saturated carbocycles. The van der Waals surface area contributed by atoms with E-state index in [1.807, 2.05) is 0 Å². The molecule has 2 N–H and O–H groups in total. The van der Waals surface area contributed by atoms with E-state index < -0.39 is 11.7 Å². The Morgan fingerprint density at radius 2 is 1.89 bits per heavy atom. The Morgan fingerprint density at radius 1 is 1.14 bits per heavy atom. The van der Waals surface area contributed by atoms with Gasteiger partial charge in [-0.1, -0.05) is 0 Å². The number of hydrogen-bond acceptors (Lipinski definition) is 7. The third kappa shape index (κ3) is 4.42. The third-order valence-electron chi connectivity index (χ3n) is 3.55. The minimum atomic E-state index is -3.19. The summed E-state index contributed by atoms with van der Waals surface area (Å²) in [6.45, 7) is 5.41. The molecule has 0 aromatic carbocycles. The molecule has 3 aromatic rings. The summed E-state index contributed by atoms with van der Waals surface area (Å²) >= 11 is 0. The molecule has 146 valence electrons. The van der Waals surface area contributed by atoms with Crippen LogP contribution in [0.15, 0.2) is 24.7 Å². The van der Waals surface area contributed by atoms with Gasteiger partial charge in [-0.25, -0.2) is 24.6 Å². The molecule has 3 rings (SSSR count). The van der Waals surface area contributed by atoms with Gasteiger partial charge in [0.1, 0.15) is 29.5 Å². The van der Waals surface area contributed by atoms with E-state index in [-0.39, 0.29) is 17.5 Å². The van der Waals surface area contributed by atoms with Gasteiger partial charge in [0.15, 0.2) is 0 Å². The molecule has 0 aliphatic rings. The predicted octanol–water partition coefficient (Wildman–Crippen LogP) is 2.88. The number of carbonyl (C=O) groups is 1. The van der Waals surface area contributed by atoms with Crippen molar-refractivity contribution in [1.82, 2.24) is 29.7 Å². The van der Waals surface area contributed by atoms with Crippen LogP contribution in [0.25, 0.3) is 5.69 Å². The van der Waals surface area contributed by atoms with Crippen LogP contribution in [0.2, 0.25) is 0 Å². The molecule has 0 spiro atoms. The quantitative estimate of drug-likeness (QED) is 0.691. The maximum absolute atomic E-state index is 13.7.